The predicted octanol–water partition coefficient (Wildman–Crippen LogP) is 2.43. The number of methoxy groups -OCH3 is 2. The minimum Gasteiger partial charge on any atom is -0.493 e. The van der Waals surface area contributed by atoms with Gasteiger partial charge >= 0.3 is 0 Å². The van der Waals surface area contributed by atoms with Gasteiger partial charge < -0.3 is 19.7 Å². The number of anilines is 1. The highest BCUT2D eigenvalue weighted by Crippen LogP contribution is 2.28. The number of rotatable bonds is 7. The average Bonchev–Trinajstić information content (AvgIpc) is 3.05. The maximum absolute atomic E-state index is 12.2. The van der Waals surface area contributed by atoms with Crippen LogP contribution in [0, 0.1) is 0 Å². The van der Waals surface area contributed by atoms with Crippen LogP contribution in [0.3, 0.4) is 0 Å². The van der Waals surface area contributed by atoms with Gasteiger partial charge in [0.15, 0.2) is 11.5 Å². The normalized spacial score (nSPS) is 12.6. The van der Waals surface area contributed by atoms with E-state index in [2.05, 4.69) is 34.5 Å². The van der Waals surface area contributed by atoms with E-state index in [4.69, 9.17) is 9.47 Å². The summed E-state index contributed by atoms with van der Waals surface area (Å²) in [6, 6.07) is 14.0. The van der Waals surface area contributed by atoms with Crippen LogP contribution in [0.4, 0.5) is 5.69 Å². The lowest BCUT2D eigenvalue weighted by Gasteiger charge is -2.19. The van der Waals surface area contributed by atoms with Crippen molar-refractivity contribution in [2.75, 3.05) is 38.8 Å². The lowest BCUT2D eigenvalue weighted by atomic mass is 10.1. The van der Waals surface area contributed by atoms with Crippen LogP contribution in [0.15, 0.2) is 42.5 Å². The second-order valence-corrected chi connectivity index (χ2v) is 6.08. The molecule has 0 saturated heterocycles. The number of benzene rings is 2. The molecule has 0 aromatic heterocycles. The molecule has 2 aromatic rings. The predicted molar refractivity (Wildman–Crippen MR) is 98.6 cm³/mol. The first-order valence-corrected chi connectivity index (χ1v) is 8.51. The van der Waals surface area contributed by atoms with Crippen LogP contribution in [0.1, 0.15) is 11.1 Å². The fraction of sp³-hybridized carbons (Fsp3) is 0.350. The van der Waals surface area contributed by atoms with E-state index in [-0.39, 0.29) is 5.91 Å². The second kappa shape index (κ2) is 7.92. The lowest BCUT2D eigenvalue weighted by Crippen LogP contribution is -2.34. The van der Waals surface area contributed by atoms with Gasteiger partial charge in [-0.2, -0.15) is 0 Å². The van der Waals surface area contributed by atoms with Crippen LogP contribution >= 0.6 is 0 Å². The molecule has 1 aliphatic heterocycles. The Labute approximate surface area is 148 Å². The van der Waals surface area contributed by atoms with Crippen molar-refractivity contribution in [3.05, 3.63) is 53.6 Å². The molecule has 0 aliphatic carbocycles. The van der Waals surface area contributed by atoms with E-state index in [1.807, 2.05) is 18.2 Å². The van der Waals surface area contributed by atoms with Gasteiger partial charge in [0.25, 0.3) is 0 Å². The van der Waals surface area contributed by atoms with Crippen LogP contribution < -0.4 is 19.7 Å². The molecular weight excluding hydrogens is 316 g/mol. The Morgan fingerprint density at radius 3 is 2.72 bits per heavy atom. The molecule has 0 bridgehead atoms. The number of amides is 1. The molecule has 2 aromatic carbocycles. The summed E-state index contributed by atoms with van der Waals surface area (Å²) in [5.74, 6) is 1.32. The van der Waals surface area contributed by atoms with E-state index < -0.39 is 0 Å². The van der Waals surface area contributed by atoms with Crippen molar-refractivity contribution in [2.24, 2.45) is 0 Å². The minimum absolute atomic E-state index is 0.0136. The number of nitrogens with one attached hydrogen (secondary N) is 1. The molecule has 1 heterocycles. The maximum atomic E-state index is 12.2. The summed E-state index contributed by atoms with van der Waals surface area (Å²) in [7, 11) is 3.19. The molecule has 0 unspecified atom stereocenters. The van der Waals surface area contributed by atoms with Gasteiger partial charge in [-0.25, -0.2) is 0 Å². The summed E-state index contributed by atoms with van der Waals surface area (Å²) in [4.78, 5) is 14.5. The minimum atomic E-state index is 0.0136. The van der Waals surface area contributed by atoms with E-state index in [0.717, 1.165) is 25.1 Å². The van der Waals surface area contributed by atoms with Crippen LogP contribution in [-0.2, 0) is 17.6 Å². The van der Waals surface area contributed by atoms with Crippen molar-refractivity contribution in [1.29, 1.82) is 0 Å². The molecule has 1 aliphatic rings. The van der Waals surface area contributed by atoms with Gasteiger partial charge in [0.05, 0.1) is 20.6 Å². The molecule has 0 fully saturated rings. The Hall–Kier alpha value is -2.69. The number of carbonyl (C=O) groups excluding carboxylic acids is 1. The first kappa shape index (κ1) is 17.1. The maximum Gasteiger partial charge on any atom is 0.224 e. The zero-order valence-electron chi connectivity index (χ0n) is 14.7. The van der Waals surface area contributed by atoms with Gasteiger partial charge in [-0.3, -0.25) is 4.79 Å². The first-order chi connectivity index (χ1) is 12.2. The highest BCUT2D eigenvalue weighted by molar-refractivity contribution is 5.78. The molecule has 0 saturated carbocycles. The fourth-order valence-electron chi connectivity index (χ4n) is 3.21. The van der Waals surface area contributed by atoms with Gasteiger partial charge in [0, 0.05) is 25.3 Å². The van der Waals surface area contributed by atoms with Gasteiger partial charge in [-0.05, 0) is 35.7 Å². The molecule has 25 heavy (non-hydrogen) atoms. The number of para-hydroxylation sites is 1. The third kappa shape index (κ3) is 4.05. The molecule has 1 N–H and O–H groups in total. The Balaban J connectivity index is 1.49. The van der Waals surface area contributed by atoms with Gasteiger partial charge in [0.1, 0.15) is 0 Å². The molecule has 0 spiro atoms. The third-order valence-corrected chi connectivity index (χ3v) is 4.50. The summed E-state index contributed by atoms with van der Waals surface area (Å²) in [6.07, 6.45) is 1.41. The standard InChI is InChI=1S/C20H24N2O3/c1-24-18-8-7-15(13-19(18)25-2)14-20(23)21-10-12-22-11-9-16-5-3-4-6-17(16)22/h3-8,13H,9-12,14H2,1-2H3,(H,21,23). The largest absolute Gasteiger partial charge is 0.493 e. The van der Waals surface area contributed by atoms with Gasteiger partial charge in [-0.15, -0.1) is 0 Å². The zero-order valence-corrected chi connectivity index (χ0v) is 14.7. The van der Waals surface area contributed by atoms with Crippen molar-refractivity contribution in [3.63, 3.8) is 0 Å². The van der Waals surface area contributed by atoms with Crippen molar-refractivity contribution in [3.8, 4) is 11.5 Å². The summed E-state index contributed by atoms with van der Waals surface area (Å²) >= 11 is 0. The SMILES string of the molecule is COc1ccc(CC(=O)NCCN2CCc3ccccc32)cc1OC. The Bertz CT molecular complexity index is 745. The number of fused-ring (bicyclic) bond motifs is 1. The average molecular weight is 340 g/mol. The van der Waals surface area contributed by atoms with Crippen LogP contribution in [0.25, 0.3) is 0 Å². The van der Waals surface area contributed by atoms with Crippen LogP contribution in [0.2, 0.25) is 0 Å². The van der Waals surface area contributed by atoms with E-state index in [1.54, 1.807) is 14.2 Å². The lowest BCUT2D eigenvalue weighted by molar-refractivity contribution is -0.120. The Kier molecular flexibility index (Phi) is 5.43. The Morgan fingerprint density at radius 1 is 1.12 bits per heavy atom. The van der Waals surface area contributed by atoms with E-state index in [1.165, 1.54) is 11.3 Å². The fourth-order valence-corrected chi connectivity index (χ4v) is 3.21. The second-order valence-electron chi connectivity index (χ2n) is 6.08. The monoisotopic (exact) mass is 340 g/mol. The smallest absolute Gasteiger partial charge is 0.224 e. The highest BCUT2D eigenvalue weighted by atomic mass is 16.5. The summed E-state index contributed by atoms with van der Waals surface area (Å²) in [5, 5.41) is 3.00. The summed E-state index contributed by atoms with van der Waals surface area (Å²) in [6.45, 7) is 2.49. The van der Waals surface area contributed by atoms with E-state index in [0.29, 0.717) is 24.5 Å². The highest BCUT2D eigenvalue weighted by Gasteiger charge is 2.17. The molecule has 0 atom stereocenters. The number of ether oxygens (including phenoxy) is 2. The van der Waals surface area contributed by atoms with Crippen LogP contribution in [0.5, 0.6) is 11.5 Å². The number of hydrogen-bond donors (Lipinski definition) is 1. The van der Waals surface area contributed by atoms with Crippen molar-refractivity contribution in [1.82, 2.24) is 5.32 Å². The molecule has 0 radical (unpaired) electrons. The van der Waals surface area contributed by atoms with Gasteiger partial charge in [-0.1, -0.05) is 24.3 Å². The van der Waals surface area contributed by atoms with Crippen molar-refractivity contribution >= 4 is 11.6 Å². The molecule has 3 rings (SSSR count). The van der Waals surface area contributed by atoms with Gasteiger partial charge in [0.2, 0.25) is 5.91 Å². The van der Waals surface area contributed by atoms with E-state index in [9.17, 15) is 4.79 Å². The van der Waals surface area contributed by atoms with E-state index >= 15 is 0 Å². The number of hydrogen-bond acceptors (Lipinski definition) is 4. The van der Waals surface area contributed by atoms with Crippen LogP contribution in [-0.4, -0.2) is 39.8 Å². The van der Waals surface area contributed by atoms with Crippen molar-refractivity contribution < 1.29 is 14.3 Å². The molecular formula is C20H24N2O3. The quantitative estimate of drug-likeness (QED) is 0.841. The van der Waals surface area contributed by atoms with Crippen molar-refractivity contribution in [2.45, 2.75) is 12.8 Å². The third-order valence-electron chi connectivity index (χ3n) is 4.50. The topological polar surface area (TPSA) is 50.8 Å². The number of nitrogens with zero attached hydrogens (tertiary/aromatic N) is 1. The molecule has 132 valence electrons. The number of carbonyl (C=O) groups is 1. The summed E-state index contributed by atoms with van der Waals surface area (Å²) < 4.78 is 10.5. The first-order valence-electron chi connectivity index (χ1n) is 8.51. The summed E-state index contributed by atoms with van der Waals surface area (Å²) in [5.41, 5.74) is 3.58. The molecule has 5 heteroatoms. The molecule has 5 nitrogen and oxygen atoms in total. The zero-order chi connectivity index (χ0) is 17.6. The molecule has 1 amide bonds. The Morgan fingerprint density at radius 2 is 1.92 bits per heavy atom.